The summed E-state index contributed by atoms with van der Waals surface area (Å²) in [5.41, 5.74) is 0. The zero-order valence-electron chi connectivity index (χ0n) is 5.06. The highest BCUT2D eigenvalue weighted by Crippen LogP contribution is 1.85. The molecule has 7 heavy (non-hydrogen) atoms. The molecule has 1 heteroatoms. The van der Waals surface area contributed by atoms with Crippen molar-refractivity contribution in [1.29, 1.82) is 0 Å². The van der Waals surface area contributed by atoms with Crippen LogP contribution in [0.4, 0.5) is 0 Å². The van der Waals surface area contributed by atoms with Gasteiger partial charge in [0, 0.05) is 7.11 Å². The molecule has 0 fully saturated rings. The highest BCUT2D eigenvalue weighted by molar-refractivity contribution is 4.72. The Bertz CT molecular complexity index is 57.2. The lowest BCUT2D eigenvalue weighted by Gasteiger charge is -1.97. The molecule has 0 aromatic carbocycles. The second-order valence-corrected chi connectivity index (χ2v) is 1.33. The zero-order chi connectivity index (χ0) is 5.70. The Kier molecular flexibility index (Phi) is 3.71. The summed E-state index contributed by atoms with van der Waals surface area (Å²) in [5.74, 6) is 0. The Morgan fingerprint density at radius 2 is 2.29 bits per heavy atom. The Hall–Kier alpha value is -0.300. The molecule has 41 valence electrons. The maximum atomic E-state index is 4.85. The Balaban J connectivity index is 3.16. The van der Waals surface area contributed by atoms with Crippen LogP contribution in [0.25, 0.3) is 0 Å². The van der Waals surface area contributed by atoms with Gasteiger partial charge in [-0.1, -0.05) is 6.08 Å². The standard InChI is InChI=1S/C6H11O/c1-4-5-6(2)7-3/h4,6H,1-3H3/t6-/m1/s1. The topological polar surface area (TPSA) is 9.23 Å². The molecule has 1 atom stereocenters. The van der Waals surface area contributed by atoms with Crippen molar-refractivity contribution < 1.29 is 4.74 Å². The summed E-state index contributed by atoms with van der Waals surface area (Å²) in [7, 11) is 1.67. The van der Waals surface area contributed by atoms with Gasteiger partial charge in [-0.05, 0) is 19.9 Å². The monoisotopic (exact) mass is 99.1 g/mol. The van der Waals surface area contributed by atoms with Gasteiger partial charge < -0.3 is 4.74 Å². The van der Waals surface area contributed by atoms with Gasteiger partial charge in [0.15, 0.2) is 0 Å². The van der Waals surface area contributed by atoms with Crippen LogP contribution in [-0.4, -0.2) is 13.2 Å². The van der Waals surface area contributed by atoms with Crippen LogP contribution in [0.5, 0.6) is 0 Å². The summed E-state index contributed by atoms with van der Waals surface area (Å²) in [4.78, 5) is 0. The van der Waals surface area contributed by atoms with Gasteiger partial charge in [0.05, 0.1) is 6.10 Å². The van der Waals surface area contributed by atoms with Gasteiger partial charge in [-0.2, -0.15) is 0 Å². The fraction of sp³-hybridized carbons (Fsp3) is 0.667. The first-order valence-electron chi connectivity index (χ1n) is 2.38. The summed E-state index contributed by atoms with van der Waals surface area (Å²) in [5, 5.41) is 0. The van der Waals surface area contributed by atoms with Gasteiger partial charge in [-0.25, -0.2) is 0 Å². The third-order valence-corrected chi connectivity index (χ3v) is 0.755. The first-order valence-corrected chi connectivity index (χ1v) is 2.38. The van der Waals surface area contributed by atoms with Crippen molar-refractivity contribution in [3.05, 3.63) is 12.2 Å². The van der Waals surface area contributed by atoms with Crippen LogP contribution >= 0.6 is 0 Å². The largest absolute Gasteiger partial charge is 0.377 e. The van der Waals surface area contributed by atoms with Crippen molar-refractivity contribution in [2.45, 2.75) is 20.0 Å². The molecule has 0 amide bonds. The summed E-state index contributed by atoms with van der Waals surface area (Å²) in [6.45, 7) is 3.87. The van der Waals surface area contributed by atoms with Crippen LogP contribution in [0.2, 0.25) is 0 Å². The summed E-state index contributed by atoms with van der Waals surface area (Å²) < 4.78 is 4.85. The van der Waals surface area contributed by atoms with E-state index in [1.54, 1.807) is 7.11 Å². The number of ether oxygens (including phenoxy) is 1. The molecular weight excluding hydrogens is 88.1 g/mol. The Morgan fingerprint density at radius 1 is 1.71 bits per heavy atom. The Morgan fingerprint density at radius 3 is 2.43 bits per heavy atom. The van der Waals surface area contributed by atoms with E-state index in [1.807, 2.05) is 19.9 Å². The number of methoxy groups -OCH3 is 1. The highest BCUT2D eigenvalue weighted by atomic mass is 16.5. The molecule has 0 aliphatic rings. The molecule has 0 spiro atoms. The van der Waals surface area contributed by atoms with Crippen LogP contribution in [-0.2, 0) is 4.74 Å². The SMILES string of the molecule is CC=[C][C@@H](C)OC. The first kappa shape index (κ1) is 6.70. The fourth-order valence-electron chi connectivity index (χ4n) is 0.303. The molecular formula is C6H11O. The molecule has 1 radical (unpaired) electrons. The van der Waals surface area contributed by atoms with E-state index in [2.05, 4.69) is 6.08 Å². The van der Waals surface area contributed by atoms with Gasteiger partial charge in [-0.3, -0.25) is 0 Å². The number of rotatable bonds is 2. The van der Waals surface area contributed by atoms with Crippen LogP contribution in [0.3, 0.4) is 0 Å². The lowest BCUT2D eigenvalue weighted by Crippen LogP contribution is -1.98. The normalized spacial score (nSPS) is 15.3. The van der Waals surface area contributed by atoms with E-state index < -0.39 is 0 Å². The smallest absolute Gasteiger partial charge is 0.0793 e. The van der Waals surface area contributed by atoms with E-state index in [-0.39, 0.29) is 6.10 Å². The van der Waals surface area contributed by atoms with E-state index in [9.17, 15) is 0 Å². The van der Waals surface area contributed by atoms with E-state index >= 15 is 0 Å². The number of hydrogen-bond donors (Lipinski definition) is 0. The van der Waals surface area contributed by atoms with E-state index in [0.717, 1.165) is 0 Å². The maximum absolute atomic E-state index is 4.85. The van der Waals surface area contributed by atoms with Crippen molar-refractivity contribution in [3.8, 4) is 0 Å². The van der Waals surface area contributed by atoms with Gasteiger partial charge in [-0.15, -0.1) is 0 Å². The third kappa shape index (κ3) is 3.53. The average molecular weight is 99.2 g/mol. The van der Waals surface area contributed by atoms with E-state index in [1.165, 1.54) is 0 Å². The second-order valence-electron chi connectivity index (χ2n) is 1.33. The van der Waals surface area contributed by atoms with E-state index in [4.69, 9.17) is 4.74 Å². The molecule has 0 rings (SSSR count). The number of hydrogen-bond acceptors (Lipinski definition) is 1. The molecule has 1 nitrogen and oxygen atoms in total. The van der Waals surface area contributed by atoms with Gasteiger partial charge >= 0.3 is 0 Å². The van der Waals surface area contributed by atoms with Crippen molar-refractivity contribution in [2.75, 3.05) is 7.11 Å². The van der Waals surface area contributed by atoms with E-state index in [0.29, 0.717) is 0 Å². The lowest BCUT2D eigenvalue weighted by atomic mass is 10.4. The summed E-state index contributed by atoms with van der Waals surface area (Å²) in [6, 6.07) is 0. The average Bonchev–Trinajstić information content (AvgIpc) is 1.68. The molecule has 0 N–H and O–H groups in total. The van der Waals surface area contributed by atoms with Gasteiger partial charge in [0.1, 0.15) is 0 Å². The molecule has 0 aromatic rings. The third-order valence-electron chi connectivity index (χ3n) is 0.755. The van der Waals surface area contributed by atoms with Crippen LogP contribution in [0.1, 0.15) is 13.8 Å². The molecule has 0 aliphatic heterocycles. The highest BCUT2D eigenvalue weighted by Gasteiger charge is 1.86. The predicted octanol–water partition coefficient (Wildman–Crippen LogP) is 1.40. The molecule has 0 saturated carbocycles. The minimum absolute atomic E-state index is 0.144. The van der Waals surface area contributed by atoms with Crippen molar-refractivity contribution in [3.63, 3.8) is 0 Å². The molecule has 0 saturated heterocycles. The summed E-state index contributed by atoms with van der Waals surface area (Å²) in [6.07, 6.45) is 4.95. The van der Waals surface area contributed by atoms with Crippen molar-refractivity contribution in [1.82, 2.24) is 0 Å². The predicted molar refractivity (Wildman–Crippen MR) is 30.0 cm³/mol. The maximum Gasteiger partial charge on any atom is 0.0793 e. The minimum atomic E-state index is 0.144. The summed E-state index contributed by atoms with van der Waals surface area (Å²) >= 11 is 0. The fourth-order valence-corrected chi connectivity index (χ4v) is 0.303. The number of allylic oxidation sites excluding steroid dienone is 1. The molecule has 0 aliphatic carbocycles. The quantitative estimate of drug-likeness (QED) is 0.508. The lowest BCUT2D eigenvalue weighted by molar-refractivity contribution is 0.150. The van der Waals surface area contributed by atoms with Crippen LogP contribution in [0.15, 0.2) is 6.08 Å². The zero-order valence-corrected chi connectivity index (χ0v) is 5.06. The Labute approximate surface area is 45.0 Å². The van der Waals surface area contributed by atoms with Crippen LogP contribution < -0.4 is 0 Å². The van der Waals surface area contributed by atoms with Crippen LogP contribution in [0, 0.1) is 6.08 Å². The minimum Gasteiger partial charge on any atom is -0.377 e. The van der Waals surface area contributed by atoms with Gasteiger partial charge in [0.2, 0.25) is 0 Å². The first-order chi connectivity index (χ1) is 3.31. The van der Waals surface area contributed by atoms with Crippen molar-refractivity contribution in [2.24, 2.45) is 0 Å². The van der Waals surface area contributed by atoms with Crippen molar-refractivity contribution >= 4 is 0 Å². The molecule has 0 heterocycles. The molecule has 0 bridgehead atoms. The molecule has 0 unspecified atom stereocenters. The van der Waals surface area contributed by atoms with Gasteiger partial charge in [0.25, 0.3) is 0 Å². The molecule has 0 aromatic heterocycles. The second kappa shape index (κ2) is 3.88.